The molecule has 0 atom stereocenters. The van der Waals surface area contributed by atoms with Crippen molar-refractivity contribution in [2.45, 2.75) is 31.7 Å². The second kappa shape index (κ2) is 5.19. The van der Waals surface area contributed by atoms with E-state index in [1.165, 1.54) is 17.7 Å². The van der Waals surface area contributed by atoms with Crippen molar-refractivity contribution in [2.24, 2.45) is 0 Å². The van der Waals surface area contributed by atoms with E-state index < -0.39 is 0 Å². The summed E-state index contributed by atoms with van der Waals surface area (Å²) in [5.74, 6) is 0.171. The van der Waals surface area contributed by atoms with Crippen LogP contribution in [0.5, 0.6) is 0 Å². The molecule has 2 aliphatic rings. The molecule has 0 saturated heterocycles. The van der Waals surface area contributed by atoms with Crippen LogP contribution in [-0.2, 0) is 6.42 Å². The first-order valence-electron chi connectivity index (χ1n) is 6.39. The largest absolute Gasteiger partial charge is 0.384 e. The summed E-state index contributed by atoms with van der Waals surface area (Å²) in [4.78, 5) is 14.2. The number of benzene rings is 1. The number of nitrogens with zero attached hydrogens (tertiary/aromatic N) is 1. The van der Waals surface area contributed by atoms with Crippen LogP contribution >= 0.6 is 12.4 Å². The molecule has 0 spiro atoms. The molecule has 0 unspecified atom stereocenters. The van der Waals surface area contributed by atoms with Crippen LogP contribution in [0.25, 0.3) is 0 Å². The van der Waals surface area contributed by atoms with Crippen molar-refractivity contribution in [3.05, 3.63) is 29.3 Å². The zero-order valence-corrected chi connectivity index (χ0v) is 11.4. The number of carbonyl (C=O) groups is 1. The van der Waals surface area contributed by atoms with Gasteiger partial charge in [-0.3, -0.25) is 4.79 Å². The summed E-state index contributed by atoms with van der Waals surface area (Å²) in [7, 11) is 1.93. The molecule has 3 nitrogen and oxygen atoms in total. The maximum atomic E-state index is 12.3. The van der Waals surface area contributed by atoms with Gasteiger partial charge in [-0.15, -0.1) is 12.4 Å². The number of hydrogen-bond acceptors (Lipinski definition) is 2. The molecule has 1 amide bonds. The lowest BCUT2D eigenvalue weighted by Crippen LogP contribution is -2.41. The molecule has 4 heteroatoms. The second-order valence-corrected chi connectivity index (χ2v) is 5.05. The Hall–Kier alpha value is -1.22. The van der Waals surface area contributed by atoms with E-state index in [1.54, 1.807) is 0 Å². The lowest BCUT2D eigenvalue weighted by molar-refractivity contribution is 0.0652. The Bertz CT molecular complexity index is 457. The predicted molar refractivity (Wildman–Crippen MR) is 75.6 cm³/mol. The molecule has 0 radical (unpaired) electrons. The zero-order chi connectivity index (χ0) is 11.8. The first-order valence-corrected chi connectivity index (χ1v) is 6.39. The first-order chi connectivity index (χ1) is 8.25. The van der Waals surface area contributed by atoms with E-state index >= 15 is 0 Å². The van der Waals surface area contributed by atoms with E-state index in [1.807, 2.05) is 30.1 Å². The summed E-state index contributed by atoms with van der Waals surface area (Å²) in [6, 6.07) is 6.49. The van der Waals surface area contributed by atoms with E-state index in [0.717, 1.165) is 31.4 Å². The third-order valence-electron chi connectivity index (χ3n) is 4.00. The summed E-state index contributed by atoms with van der Waals surface area (Å²) in [6.07, 6.45) is 4.61. The minimum atomic E-state index is 0. The Kier molecular flexibility index (Phi) is 3.81. The quantitative estimate of drug-likeness (QED) is 0.893. The number of amides is 1. The molecule has 1 aliphatic heterocycles. The fraction of sp³-hybridized carbons (Fsp3) is 0.500. The van der Waals surface area contributed by atoms with Crippen LogP contribution in [0.1, 0.15) is 35.2 Å². The maximum absolute atomic E-state index is 12.3. The molecule has 1 aromatic carbocycles. The van der Waals surface area contributed by atoms with Gasteiger partial charge in [-0.25, -0.2) is 0 Å². The second-order valence-electron chi connectivity index (χ2n) is 5.05. The molecule has 1 aliphatic carbocycles. The Balaban J connectivity index is 0.00000120. The van der Waals surface area contributed by atoms with Gasteiger partial charge in [-0.05, 0) is 49.4 Å². The van der Waals surface area contributed by atoms with Gasteiger partial charge in [0.1, 0.15) is 0 Å². The minimum absolute atomic E-state index is 0. The van der Waals surface area contributed by atoms with Gasteiger partial charge in [-0.1, -0.05) is 0 Å². The first kappa shape index (κ1) is 13.2. The molecule has 1 fully saturated rings. The van der Waals surface area contributed by atoms with Crippen LogP contribution in [0.15, 0.2) is 18.2 Å². The third kappa shape index (κ3) is 2.19. The van der Waals surface area contributed by atoms with Gasteiger partial charge in [0.2, 0.25) is 0 Å². The van der Waals surface area contributed by atoms with Gasteiger partial charge in [0.05, 0.1) is 0 Å². The molecule has 3 rings (SSSR count). The molecular weight excluding hydrogens is 248 g/mol. The van der Waals surface area contributed by atoms with Crippen LogP contribution < -0.4 is 5.32 Å². The number of rotatable bonds is 2. The van der Waals surface area contributed by atoms with E-state index in [0.29, 0.717) is 6.04 Å². The highest BCUT2D eigenvalue weighted by Crippen LogP contribution is 2.27. The summed E-state index contributed by atoms with van der Waals surface area (Å²) < 4.78 is 0. The fourth-order valence-electron chi connectivity index (χ4n) is 2.58. The predicted octanol–water partition coefficient (Wildman–Crippen LogP) is 2.70. The molecule has 18 heavy (non-hydrogen) atoms. The van der Waals surface area contributed by atoms with Crippen LogP contribution in [0.4, 0.5) is 5.69 Å². The van der Waals surface area contributed by atoms with Crippen molar-refractivity contribution in [1.82, 2.24) is 4.90 Å². The smallest absolute Gasteiger partial charge is 0.253 e. The molecular formula is C14H19ClN2O. The molecule has 0 aromatic heterocycles. The van der Waals surface area contributed by atoms with E-state index in [2.05, 4.69) is 5.32 Å². The van der Waals surface area contributed by atoms with E-state index in [-0.39, 0.29) is 18.3 Å². The van der Waals surface area contributed by atoms with Crippen LogP contribution in [0.2, 0.25) is 0 Å². The Morgan fingerprint density at radius 3 is 2.83 bits per heavy atom. The average Bonchev–Trinajstić information content (AvgIpc) is 2.72. The van der Waals surface area contributed by atoms with Crippen molar-refractivity contribution in [3.63, 3.8) is 0 Å². The lowest BCUT2D eigenvalue weighted by atomic mass is 9.91. The monoisotopic (exact) mass is 266 g/mol. The van der Waals surface area contributed by atoms with Gasteiger partial charge in [0, 0.05) is 30.9 Å². The summed E-state index contributed by atoms with van der Waals surface area (Å²) in [5, 5.41) is 3.32. The fourth-order valence-corrected chi connectivity index (χ4v) is 2.58. The molecule has 1 heterocycles. The van der Waals surface area contributed by atoms with Crippen LogP contribution in [0, 0.1) is 0 Å². The Morgan fingerprint density at radius 1 is 1.39 bits per heavy atom. The molecule has 1 aromatic rings. The lowest BCUT2D eigenvalue weighted by Gasteiger charge is -2.34. The Labute approximate surface area is 114 Å². The van der Waals surface area contributed by atoms with Crippen molar-refractivity contribution in [1.29, 1.82) is 0 Å². The SMILES string of the molecule is CN(C(=O)c1ccc2c(c1)CCN2)C1CCC1.Cl. The molecule has 98 valence electrons. The average molecular weight is 267 g/mol. The highest BCUT2D eigenvalue weighted by atomic mass is 35.5. The zero-order valence-electron chi connectivity index (χ0n) is 10.6. The molecule has 0 bridgehead atoms. The van der Waals surface area contributed by atoms with Gasteiger partial charge in [0.15, 0.2) is 0 Å². The highest BCUT2D eigenvalue weighted by Gasteiger charge is 2.26. The van der Waals surface area contributed by atoms with Gasteiger partial charge >= 0.3 is 0 Å². The van der Waals surface area contributed by atoms with Crippen molar-refractivity contribution >= 4 is 24.0 Å². The maximum Gasteiger partial charge on any atom is 0.253 e. The summed E-state index contributed by atoms with van der Waals surface area (Å²) in [6.45, 7) is 0.992. The topological polar surface area (TPSA) is 32.3 Å². The van der Waals surface area contributed by atoms with Crippen molar-refractivity contribution in [3.8, 4) is 0 Å². The number of fused-ring (bicyclic) bond motifs is 1. The highest BCUT2D eigenvalue weighted by molar-refractivity contribution is 5.95. The molecule has 1 N–H and O–H groups in total. The third-order valence-corrected chi connectivity index (χ3v) is 4.00. The Morgan fingerprint density at radius 2 is 2.17 bits per heavy atom. The van der Waals surface area contributed by atoms with Crippen LogP contribution in [0.3, 0.4) is 0 Å². The normalized spacial score (nSPS) is 17.2. The number of carbonyl (C=O) groups excluding carboxylic acids is 1. The molecule has 1 saturated carbocycles. The van der Waals surface area contributed by atoms with E-state index in [4.69, 9.17) is 0 Å². The van der Waals surface area contributed by atoms with Gasteiger partial charge < -0.3 is 10.2 Å². The number of hydrogen-bond donors (Lipinski definition) is 1. The summed E-state index contributed by atoms with van der Waals surface area (Å²) >= 11 is 0. The number of anilines is 1. The van der Waals surface area contributed by atoms with Crippen molar-refractivity contribution < 1.29 is 4.79 Å². The number of nitrogens with one attached hydrogen (secondary N) is 1. The number of halogens is 1. The van der Waals surface area contributed by atoms with Gasteiger partial charge in [0.25, 0.3) is 5.91 Å². The van der Waals surface area contributed by atoms with Gasteiger partial charge in [-0.2, -0.15) is 0 Å². The van der Waals surface area contributed by atoms with E-state index in [9.17, 15) is 4.79 Å². The standard InChI is InChI=1S/C14H18N2O.ClH/c1-16(12-3-2-4-12)14(17)11-5-6-13-10(9-11)7-8-15-13;/h5-6,9,12,15H,2-4,7-8H2,1H3;1H. The van der Waals surface area contributed by atoms with Crippen molar-refractivity contribution in [2.75, 3.05) is 18.9 Å². The summed E-state index contributed by atoms with van der Waals surface area (Å²) in [5.41, 5.74) is 3.30. The minimum Gasteiger partial charge on any atom is -0.384 e. The van der Waals surface area contributed by atoms with Crippen LogP contribution in [-0.4, -0.2) is 30.4 Å².